The van der Waals surface area contributed by atoms with E-state index in [1.807, 2.05) is 213 Å². The Morgan fingerprint density at radius 3 is 0.712 bits per heavy atom. The van der Waals surface area contributed by atoms with Crippen LogP contribution in [0.1, 0.15) is 18.1 Å². The molecule has 0 aliphatic carbocycles. The van der Waals surface area contributed by atoms with Gasteiger partial charge in [0.1, 0.15) is 34.5 Å². The summed E-state index contributed by atoms with van der Waals surface area (Å²) >= 11 is 0. The highest BCUT2D eigenvalue weighted by molar-refractivity contribution is 5.67. The van der Waals surface area contributed by atoms with Crippen molar-refractivity contribution >= 4 is 34.1 Å². The van der Waals surface area contributed by atoms with Crippen LogP contribution < -0.4 is 14.2 Å². The fourth-order valence-corrected chi connectivity index (χ4v) is 6.77. The molecule has 0 spiro atoms. The molecule has 0 bridgehead atoms. The van der Waals surface area contributed by atoms with E-state index in [0.717, 1.165) is 91.5 Å². The highest BCUT2D eigenvalue weighted by Gasteiger charge is 2.05. The topological polar surface area (TPSA) is 102 Å². The van der Waals surface area contributed by atoms with E-state index in [-0.39, 0.29) is 0 Å². The van der Waals surface area contributed by atoms with Crippen molar-refractivity contribution in [1.29, 1.82) is 0 Å². The number of azo groups is 3. The summed E-state index contributed by atoms with van der Waals surface area (Å²) in [7, 11) is 0. The predicted octanol–water partition coefficient (Wildman–Crippen LogP) is 18.5. The molecule has 0 unspecified atom stereocenters. The maximum absolute atomic E-state index is 6.12. The molecule has 9 aromatic rings. The molecule has 0 saturated heterocycles. The van der Waals surface area contributed by atoms with Gasteiger partial charge in [0.2, 0.25) is 0 Å². The normalized spacial score (nSPS) is 11.4. The fourth-order valence-electron chi connectivity index (χ4n) is 6.77. The summed E-state index contributed by atoms with van der Waals surface area (Å²) in [5, 5.41) is 26.3. The van der Waals surface area contributed by atoms with Gasteiger partial charge in [-0.15, -0.1) is 0 Å². The van der Waals surface area contributed by atoms with Crippen LogP contribution >= 0.6 is 0 Å². The van der Waals surface area contributed by atoms with Crippen molar-refractivity contribution in [3.05, 3.63) is 230 Å². The Balaban J connectivity index is 0.723. The molecule has 320 valence electrons. The standard InChI is InChI=1S/C57H44N6O3/c1-3-41-6-28-52(29-7-41)64-55-34-22-50(23-35-55)62-59-47-18-8-42(9-19-47)45-14-32-54(33-15-45)66-57-38-26-51(27-39-57)63-60-48-20-10-43(11-21-48)44-12-30-53(31-13-44)65-56-36-24-49(25-37-56)61-58-46-16-4-40(2)5-17-46/h4-39H,3H2,1-2H3/b61-58+,62-59+,63-60+. The fraction of sp³-hybridized carbons (Fsp3) is 0.0526. The first-order valence-corrected chi connectivity index (χ1v) is 21.6. The van der Waals surface area contributed by atoms with Gasteiger partial charge in [0, 0.05) is 0 Å². The lowest BCUT2D eigenvalue weighted by molar-refractivity contribution is 0.482. The molecule has 9 rings (SSSR count). The third-order valence-electron chi connectivity index (χ3n) is 10.5. The van der Waals surface area contributed by atoms with Gasteiger partial charge in [-0.3, -0.25) is 0 Å². The highest BCUT2D eigenvalue weighted by Crippen LogP contribution is 2.32. The lowest BCUT2D eigenvalue weighted by Gasteiger charge is -2.08. The van der Waals surface area contributed by atoms with Gasteiger partial charge in [-0.25, -0.2) is 0 Å². The Bertz CT molecular complexity index is 3060. The summed E-state index contributed by atoms with van der Waals surface area (Å²) < 4.78 is 18.1. The van der Waals surface area contributed by atoms with E-state index in [1.165, 1.54) is 11.1 Å². The van der Waals surface area contributed by atoms with Crippen LogP contribution in [0.3, 0.4) is 0 Å². The van der Waals surface area contributed by atoms with Crippen LogP contribution in [0, 0.1) is 6.92 Å². The van der Waals surface area contributed by atoms with Crippen molar-refractivity contribution in [2.75, 3.05) is 0 Å². The third-order valence-corrected chi connectivity index (χ3v) is 10.5. The number of hydrogen-bond donors (Lipinski definition) is 0. The SMILES string of the molecule is CCc1ccc(Oc2ccc(/N=N/c3ccc(-c4ccc(Oc5ccc(/N=N/c6ccc(-c7ccc(Oc8ccc(/N=N/c9ccc(C)cc9)cc8)cc7)cc6)cc5)cc4)cc3)cc2)cc1. The highest BCUT2D eigenvalue weighted by atomic mass is 16.5. The van der Waals surface area contributed by atoms with Crippen molar-refractivity contribution in [2.24, 2.45) is 30.7 Å². The molecule has 0 N–H and O–H groups in total. The minimum atomic E-state index is 0.704. The van der Waals surface area contributed by atoms with Crippen molar-refractivity contribution in [1.82, 2.24) is 0 Å². The average Bonchev–Trinajstić information content (AvgIpc) is 3.37. The zero-order valence-electron chi connectivity index (χ0n) is 36.4. The monoisotopic (exact) mass is 860 g/mol. The van der Waals surface area contributed by atoms with E-state index in [4.69, 9.17) is 14.2 Å². The first-order valence-electron chi connectivity index (χ1n) is 21.6. The lowest BCUT2D eigenvalue weighted by atomic mass is 10.1. The van der Waals surface area contributed by atoms with E-state index in [9.17, 15) is 0 Å². The summed E-state index contributed by atoms with van der Waals surface area (Å²) in [4.78, 5) is 0. The number of ether oxygens (including phenoxy) is 3. The van der Waals surface area contributed by atoms with Gasteiger partial charge in [-0.1, -0.05) is 85.3 Å². The van der Waals surface area contributed by atoms with Crippen LogP contribution in [0.5, 0.6) is 34.5 Å². The summed E-state index contributed by atoms with van der Waals surface area (Å²) in [6.45, 7) is 4.18. The van der Waals surface area contributed by atoms with Crippen LogP contribution in [0.15, 0.2) is 249 Å². The van der Waals surface area contributed by atoms with E-state index >= 15 is 0 Å². The first kappa shape index (κ1) is 42.5. The average molecular weight is 861 g/mol. The Morgan fingerprint density at radius 1 is 0.258 bits per heavy atom. The van der Waals surface area contributed by atoms with Gasteiger partial charge in [-0.05, 0) is 187 Å². The summed E-state index contributed by atoms with van der Waals surface area (Å²) in [5.41, 5.74) is 11.3. The number of aryl methyl sites for hydroxylation is 2. The van der Waals surface area contributed by atoms with E-state index in [0.29, 0.717) is 5.75 Å². The first-order chi connectivity index (χ1) is 32.5. The Kier molecular flexibility index (Phi) is 13.2. The zero-order chi connectivity index (χ0) is 44.9. The largest absolute Gasteiger partial charge is 0.457 e. The number of benzene rings is 9. The molecule has 0 fully saturated rings. The van der Waals surface area contributed by atoms with Crippen LogP contribution in [0.25, 0.3) is 22.3 Å². The molecule has 9 heteroatoms. The molecule has 0 saturated carbocycles. The molecule has 9 nitrogen and oxygen atoms in total. The predicted molar refractivity (Wildman–Crippen MR) is 263 cm³/mol. The van der Waals surface area contributed by atoms with E-state index < -0.39 is 0 Å². The van der Waals surface area contributed by atoms with E-state index in [1.54, 1.807) is 0 Å². The van der Waals surface area contributed by atoms with Gasteiger partial charge < -0.3 is 14.2 Å². The summed E-state index contributed by atoms with van der Waals surface area (Å²) in [5.74, 6) is 4.46. The Labute approximate surface area is 384 Å². The Morgan fingerprint density at radius 2 is 0.455 bits per heavy atom. The molecule has 0 aromatic heterocycles. The molecule has 0 amide bonds. The van der Waals surface area contributed by atoms with Gasteiger partial charge in [-0.2, -0.15) is 30.7 Å². The van der Waals surface area contributed by atoms with Gasteiger partial charge >= 0.3 is 0 Å². The van der Waals surface area contributed by atoms with Gasteiger partial charge in [0.05, 0.1) is 34.1 Å². The molecule has 66 heavy (non-hydrogen) atoms. The van der Waals surface area contributed by atoms with Crippen LogP contribution in [0.4, 0.5) is 34.1 Å². The molecule has 0 aliphatic heterocycles. The van der Waals surface area contributed by atoms with Crippen molar-refractivity contribution in [2.45, 2.75) is 20.3 Å². The second kappa shape index (κ2) is 20.6. The molecule has 0 radical (unpaired) electrons. The molecule has 0 aliphatic rings. The Hall–Kier alpha value is -8.82. The van der Waals surface area contributed by atoms with Crippen molar-refractivity contribution < 1.29 is 14.2 Å². The molecule has 0 atom stereocenters. The minimum Gasteiger partial charge on any atom is -0.457 e. The number of nitrogens with zero attached hydrogens (tertiary/aromatic N) is 6. The molecular weight excluding hydrogens is 817 g/mol. The van der Waals surface area contributed by atoms with Crippen LogP contribution in [0.2, 0.25) is 0 Å². The van der Waals surface area contributed by atoms with Crippen LogP contribution in [-0.4, -0.2) is 0 Å². The maximum Gasteiger partial charge on any atom is 0.127 e. The third kappa shape index (κ3) is 11.6. The smallest absolute Gasteiger partial charge is 0.127 e. The molecular formula is C57H44N6O3. The van der Waals surface area contributed by atoms with Gasteiger partial charge in [0.25, 0.3) is 0 Å². The summed E-state index contributed by atoms with van der Waals surface area (Å²) in [6, 6.07) is 70.6. The van der Waals surface area contributed by atoms with Gasteiger partial charge in [0.15, 0.2) is 0 Å². The zero-order valence-corrected chi connectivity index (χ0v) is 36.4. The number of rotatable bonds is 15. The number of hydrogen-bond acceptors (Lipinski definition) is 9. The molecule has 0 heterocycles. The second-order valence-corrected chi connectivity index (χ2v) is 15.4. The van der Waals surface area contributed by atoms with Crippen LogP contribution in [-0.2, 0) is 6.42 Å². The van der Waals surface area contributed by atoms with Crippen molar-refractivity contribution in [3.8, 4) is 56.8 Å². The quantitative estimate of drug-likeness (QED) is 0.0959. The molecule has 9 aromatic carbocycles. The second-order valence-electron chi connectivity index (χ2n) is 15.4. The van der Waals surface area contributed by atoms with E-state index in [2.05, 4.69) is 49.7 Å². The minimum absolute atomic E-state index is 0.704. The van der Waals surface area contributed by atoms with Crippen molar-refractivity contribution in [3.63, 3.8) is 0 Å². The lowest BCUT2D eigenvalue weighted by Crippen LogP contribution is -1.85. The summed E-state index contributed by atoms with van der Waals surface area (Å²) in [6.07, 6.45) is 1.000. The maximum atomic E-state index is 6.12.